The van der Waals surface area contributed by atoms with Crippen LogP contribution in [0.3, 0.4) is 0 Å². The number of hydrogen-bond acceptors (Lipinski definition) is 6. The van der Waals surface area contributed by atoms with Crippen molar-refractivity contribution < 1.29 is 0 Å². The molecule has 1 aliphatic heterocycles. The summed E-state index contributed by atoms with van der Waals surface area (Å²) in [6, 6.07) is 6.97. The fourth-order valence-corrected chi connectivity index (χ4v) is 3.83. The third-order valence-electron chi connectivity index (χ3n) is 5.82. The molecule has 0 bridgehead atoms. The SMILES string of the molecule is CN(c1cc2c(nn1)CCCC2)C1CN(c2ccc(C3CC3)nn2)C1. The van der Waals surface area contributed by atoms with Crippen LogP contribution >= 0.6 is 0 Å². The van der Waals surface area contributed by atoms with Crippen molar-refractivity contribution >= 4 is 11.6 Å². The molecular weight excluding hydrogens is 312 g/mol. The predicted molar refractivity (Wildman–Crippen MR) is 97.1 cm³/mol. The Morgan fingerprint density at radius 2 is 1.84 bits per heavy atom. The Labute approximate surface area is 148 Å². The first kappa shape index (κ1) is 15.0. The first-order chi connectivity index (χ1) is 12.3. The number of aromatic nitrogens is 4. The molecule has 0 atom stereocenters. The number of likely N-dealkylation sites (N-methyl/N-ethyl adjacent to an activating group) is 1. The number of hydrogen-bond donors (Lipinski definition) is 0. The van der Waals surface area contributed by atoms with Crippen molar-refractivity contribution in [2.24, 2.45) is 0 Å². The van der Waals surface area contributed by atoms with Gasteiger partial charge in [-0.15, -0.1) is 10.2 Å². The van der Waals surface area contributed by atoms with E-state index < -0.39 is 0 Å². The van der Waals surface area contributed by atoms with Gasteiger partial charge in [-0.3, -0.25) is 0 Å². The Hall–Kier alpha value is -2.24. The molecule has 6 heteroatoms. The van der Waals surface area contributed by atoms with Gasteiger partial charge in [-0.05, 0) is 62.3 Å². The average Bonchev–Trinajstić information content (AvgIpc) is 3.46. The smallest absolute Gasteiger partial charge is 0.151 e. The number of fused-ring (bicyclic) bond motifs is 1. The van der Waals surface area contributed by atoms with Crippen LogP contribution < -0.4 is 9.80 Å². The van der Waals surface area contributed by atoms with Crippen molar-refractivity contribution in [2.45, 2.75) is 50.5 Å². The molecule has 2 aliphatic carbocycles. The third kappa shape index (κ3) is 2.83. The fraction of sp³-hybridized carbons (Fsp3) is 0.579. The van der Waals surface area contributed by atoms with Crippen LogP contribution in [0.15, 0.2) is 18.2 Å². The van der Waals surface area contributed by atoms with Crippen molar-refractivity contribution in [3.63, 3.8) is 0 Å². The fourth-order valence-electron chi connectivity index (χ4n) is 3.83. The highest BCUT2D eigenvalue weighted by atomic mass is 15.4. The summed E-state index contributed by atoms with van der Waals surface area (Å²) >= 11 is 0. The summed E-state index contributed by atoms with van der Waals surface area (Å²) in [4.78, 5) is 4.56. The van der Waals surface area contributed by atoms with Crippen LogP contribution in [0.4, 0.5) is 11.6 Å². The second-order valence-corrected chi connectivity index (χ2v) is 7.64. The number of anilines is 2. The topological polar surface area (TPSA) is 58.0 Å². The van der Waals surface area contributed by atoms with Crippen molar-refractivity contribution in [2.75, 3.05) is 29.9 Å². The van der Waals surface area contributed by atoms with E-state index in [2.05, 4.69) is 55.4 Å². The van der Waals surface area contributed by atoms with Gasteiger partial charge in [0.05, 0.1) is 17.4 Å². The summed E-state index contributed by atoms with van der Waals surface area (Å²) in [5.41, 5.74) is 3.74. The normalized spacial score (nSPS) is 20.1. The van der Waals surface area contributed by atoms with Crippen molar-refractivity contribution in [3.05, 3.63) is 35.2 Å². The van der Waals surface area contributed by atoms with Crippen LogP contribution in [0.1, 0.15) is 48.6 Å². The molecule has 2 aromatic rings. The molecule has 1 saturated carbocycles. The largest absolute Gasteiger partial charge is 0.352 e. The van der Waals surface area contributed by atoms with Crippen LogP contribution in [0.2, 0.25) is 0 Å². The molecule has 3 heterocycles. The van der Waals surface area contributed by atoms with E-state index >= 15 is 0 Å². The number of nitrogens with zero attached hydrogens (tertiary/aromatic N) is 6. The third-order valence-corrected chi connectivity index (χ3v) is 5.82. The van der Waals surface area contributed by atoms with Gasteiger partial charge in [-0.25, -0.2) is 0 Å². The van der Waals surface area contributed by atoms with E-state index in [1.54, 1.807) is 0 Å². The van der Waals surface area contributed by atoms with Gasteiger partial charge in [0, 0.05) is 26.1 Å². The molecule has 0 aromatic carbocycles. The lowest BCUT2D eigenvalue weighted by Crippen LogP contribution is -2.59. The minimum absolute atomic E-state index is 0.459. The van der Waals surface area contributed by atoms with Crippen molar-refractivity contribution in [1.82, 2.24) is 20.4 Å². The summed E-state index contributed by atoms with van der Waals surface area (Å²) in [7, 11) is 2.13. The van der Waals surface area contributed by atoms with Crippen LogP contribution in [0.25, 0.3) is 0 Å². The molecule has 2 aromatic heterocycles. The van der Waals surface area contributed by atoms with E-state index in [1.165, 1.54) is 36.9 Å². The molecule has 3 aliphatic rings. The summed E-state index contributed by atoms with van der Waals surface area (Å²) in [5, 5.41) is 17.7. The lowest BCUT2D eigenvalue weighted by Gasteiger charge is -2.44. The Balaban J connectivity index is 1.23. The highest BCUT2D eigenvalue weighted by Crippen LogP contribution is 2.39. The summed E-state index contributed by atoms with van der Waals surface area (Å²) in [6.07, 6.45) is 7.28. The van der Waals surface area contributed by atoms with Crippen LogP contribution in [0.5, 0.6) is 0 Å². The highest BCUT2D eigenvalue weighted by Gasteiger charge is 2.33. The van der Waals surface area contributed by atoms with Gasteiger partial charge in [-0.1, -0.05) is 0 Å². The molecule has 0 N–H and O–H groups in total. The Kier molecular flexibility index (Phi) is 3.57. The lowest BCUT2D eigenvalue weighted by molar-refractivity contribution is 0.485. The minimum Gasteiger partial charge on any atom is -0.352 e. The van der Waals surface area contributed by atoms with Gasteiger partial charge in [0.15, 0.2) is 11.6 Å². The Morgan fingerprint density at radius 3 is 2.60 bits per heavy atom. The number of aryl methyl sites for hydroxylation is 2. The van der Waals surface area contributed by atoms with E-state index in [-0.39, 0.29) is 0 Å². The highest BCUT2D eigenvalue weighted by molar-refractivity contribution is 5.49. The second kappa shape index (κ2) is 5.93. The maximum absolute atomic E-state index is 4.46. The lowest BCUT2D eigenvalue weighted by atomic mass is 9.96. The zero-order chi connectivity index (χ0) is 16.8. The molecule has 6 nitrogen and oxygen atoms in total. The second-order valence-electron chi connectivity index (χ2n) is 7.64. The monoisotopic (exact) mass is 336 g/mol. The number of rotatable bonds is 4. The summed E-state index contributed by atoms with van der Waals surface area (Å²) in [6.45, 7) is 1.93. The molecule has 0 unspecified atom stereocenters. The quantitative estimate of drug-likeness (QED) is 0.854. The molecule has 0 radical (unpaired) electrons. The average molecular weight is 336 g/mol. The molecule has 0 amide bonds. The van der Waals surface area contributed by atoms with Gasteiger partial charge < -0.3 is 9.80 Å². The molecule has 2 fully saturated rings. The van der Waals surface area contributed by atoms with Crippen molar-refractivity contribution in [3.8, 4) is 0 Å². The first-order valence-corrected chi connectivity index (χ1v) is 9.45. The predicted octanol–water partition coefficient (Wildman–Crippen LogP) is 2.35. The van der Waals surface area contributed by atoms with Gasteiger partial charge in [0.2, 0.25) is 0 Å². The van der Waals surface area contributed by atoms with E-state index in [9.17, 15) is 0 Å². The van der Waals surface area contributed by atoms with Crippen LogP contribution in [-0.2, 0) is 12.8 Å². The minimum atomic E-state index is 0.459. The van der Waals surface area contributed by atoms with Gasteiger partial charge in [0.1, 0.15) is 0 Å². The van der Waals surface area contributed by atoms with E-state index in [4.69, 9.17) is 0 Å². The van der Waals surface area contributed by atoms with Crippen LogP contribution in [0, 0.1) is 0 Å². The molecule has 1 saturated heterocycles. The molecule has 0 spiro atoms. The van der Waals surface area contributed by atoms with Crippen molar-refractivity contribution in [1.29, 1.82) is 0 Å². The van der Waals surface area contributed by atoms with Gasteiger partial charge in [-0.2, -0.15) is 10.2 Å². The maximum Gasteiger partial charge on any atom is 0.151 e. The van der Waals surface area contributed by atoms with Gasteiger partial charge in [0.25, 0.3) is 0 Å². The van der Waals surface area contributed by atoms with Crippen LogP contribution in [-0.4, -0.2) is 46.6 Å². The Morgan fingerprint density at radius 1 is 1.00 bits per heavy atom. The maximum atomic E-state index is 4.46. The van der Waals surface area contributed by atoms with E-state index in [0.717, 1.165) is 43.3 Å². The standard InChI is InChI=1S/C19H24N6/c1-24(19-10-14-4-2-3-5-16(14)20-23-19)15-11-25(12-15)18-9-8-17(21-22-18)13-6-7-13/h8-10,13,15H,2-7,11-12H2,1H3. The molecular formula is C19H24N6. The zero-order valence-electron chi connectivity index (χ0n) is 14.7. The zero-order valence-corrected chi connectivity index (χ0v) is 14.7. The molecule has 25 heavy (non-hydrogen) atoms. The summed E-state index contributed by atoms with van der Waals surface area (Å²) < 4.78 is 0. The first-order valence-electron chi connectivity index (χ1n) is 9.45. The van der Waals surface area contributed by atoms with E-state index in [0.29, 0.717) is 12.0 Å². The molecule has 130 valence electrons. The van der Waals surface area contributed by atoms with E-state index in [1.807, 2.05) is 0 Å². The molecule has 5 rings (SSSR count). The Bertz CT molecular complexity index is 764. The van der Waals surface area contributed by atoms with Gasteiger partial charge >= 0.3 is 0 Å². The summed E-state index contributed by atoms with van der Waals surface area (Å²) in [5.74, 6) is 2.66.